The Bertz CT molecular complexity index is 4170. The Balaban J connectivity index is 0.000000222. The highest BCUT2D eigenvalue weighted by atomic mass is 32.2. The van der Waals surface area contributed by atoms with Crippen LogP contribution >= 0.6 is 0 Å². The molecular weight excluding hydrogens is 1530 g/mol. The maximum atomic E-state index is 13.2. The van der Waals surface area contributed by atoms with Gasteiger partial charge in [0.25, 0.3) is 0 Å². The van der Waals surface area contributed by atoms with Gasteiger partial charge in [-0.1, -0.05) is 227 Å². The van der Waals surface area contributed by atoms with E-state index < -0.39 is 21.5 Å². The summed E-state index contributed by atoms with van der Waals surface area (Å²) in [7, 11) is -5.77. The van der Waals surface area contributed by atoms with Crippen molar-refractivity contribution in [3.63, 3.8) is 0 Å². The largest absolute Gasteiger partial charge is 0.743 e. The minimum absolute atomic E-state index is 0.0146. The highest BCUT2D eigenvalue weighted by Crippen LogP contribution is 2.47. The quantitative estimate of drug-likeness (QED) is 0.0143. The summed E-state index contributed by atoms with van der Waals surface area (Å²) in [5.41, 5.74) is 5.67. The third-order valence-corrected chi connectivity index (χ3v) is 25.5. The molecule has 0 amide bonds. The number of phenolic OH excluding ortho intramolecular Hbond substituents is 4. The molecule has 3 saturated carbocycles. The summed E-state index contributed by atoms with van der Waals surface area (Å²) in [5.74, 6) is 6.23. The monoisotopic (exact) mass is 1670 g/mol. The van der Waals surface area contributed by atoms with Gasteiger partial charge in [-0.05, 0) is 270 Å². The Morgan fingerprint density at radius 3 is 1.21 bits per heavy atom. The molecule has 650 valence electrons. The molecule has 3 fully saturated rings. The van der Waals surface area contributed by atoms with E-state index in [0.717, 1.165) is 91.7 Å². The van der Waals surface area contributed by atoms with Gasteiger partial charge in [0.05, 0.1) is 29.2 Å². The summed E-state index contributed by atoms with van der Waals surface area (Å²) in [4.78, 5) is 4.08. The smallest absolute Gasteiger partial charge is 0.369 e. The zero-order valence-corrected chi connectivity index (χ0v) is 75.7. The van der Waals surface area contributed by atoms with Gasteiger partial charge in [0.1, 0.15) is 11.5 Å². The van der Waals surface area contributed by atoms with Gasteiger partial charge in [-0.15, -0.1) is 0 Å². The van der Waals surface area contributed by atoms with Gasteiger partial charge in [0.15, 0.2) is 71.7 Å². The number of halogens is 2. The van der Waals surface area contributed by atoms with Crippen molar-refractivity contribution in [3.05, 3.63) is 222 Å². The molecule has 0 radical (unpaired) electrons. The molecule has 118 heavy (non-hydrogen) atoms. The van der Waals surface area contributed by atoms with E-state index in [2.05, 4.69) is 212 Å². The van der Waals surface area contributed by atoms with Crippen molar-refractivity contribution in [1.29, 1.82) is 0 Å². The number of hydrogen-bond acceptors (Lipinski definition) is 14. The van der Waals surface area contributed by atoms with Gasteiger partial charge in [-0.2, -0.15) is 8.78 Å². The van der Waals surface area contributed by atoms with Crippen LogP contribution in [0.1, 0.15) is 292 Å². The first kappa shape index (κ1) is 99.0. The standard InChI is InChI=1S/C21H34O3.C19H32O3.C19H28O2.C18H15S.C13H18F2O4S.C10H14O2/c1-6-15(2)16-12-13-19(18(22)14-16)24-20(21(3,4)5)23-17-10-8-7-9-11-17;1-8-14(4)15-9-10-17(16(20)11-15)22-18(21-13(2)3)12-19(5,6)7;1-4-13(2)16-7-9-18(10-8-16)20-14(3)21-19-12-15-5-6-17(19)11-15;1-4-10-16(11-5-1)19(17-12-6-2-7-13-17)18-14-8-3-9-15-18;1-4-9(2)11-5-7-12(8-6-11)19-10(3)13(14,15)20(16,17)18;1-3-7(2)8-4-5-9(11)10(12)6-8/h12-15,17,20,22H,6-11H2,1-5H3;9-11,13-14,18,20H,8,12H2,1-7H3;7-10,13-15,17,19H,4-6,11-12H2,1-3H3;1-15H;5-10H,4H2,1-3H3,(H,16,17,18);4-7,11-12H,3H2,1-2H3/q;;;+1;;/p-1. The third kappa shape index (κ3) is 32.3. The molecule has 0 spiro atoms. The van der Waals surface area contributed by atoms with E-state index in [-0.39, 0.29) is 81.6 Å². The number of alkyl halides is 2. The topological polar surface area (TPSA) is 203 Å². The molecule has 3 aliphatic carbocycles. The minimum Gasteiger partial charge on any atom is -0.743 e. The molecule has 3 aliphatic rings. The minimum atomic E-state index is -5.76. The molecule has 8 aromatic rings. The Morgan fingerprint density at radius 1 is 0.449 bits per heavy atom. The third-order valence-electron chi connectivity index (χ3n) is 22.3. The van der Waals surface area contributed by atoms with Crippen LogP contribution in [0.2, 0.25) is 0 Å². The first-order valence-electron chi connectivity index (χ1n) is 43.0. The second kappa shape index (κ2) is 48.0. The average Bonchev–Trinajstić information content (AvgIpc) is 1.47. The van der Waals surface area contributed by atoms with Gasteiger partial charge in [-0.3, -0.25) is 0 Å². The van der Waals surface area contributed by atoms with E-state index in [4.69, 9.17) is 38.3 Å². The number of hydrogen-bond donors (Lipinski definition) is 4. The van der Waals surface area contributed by atoms with Crippen molar-refractivity contribution in [2.45, 2.75) is 328 Å². The number of phenols is 4. The van der Waals surface area contributed by atoms with Crippen molar-refractivity contribution in [1.82, 2.24) is 0 Å². The molecule has 4 N–H and O–H groups in total. The van der Waals surface area contributed by atoms with Gasteiger partial charge in [-0.25, -0.2) is 8.42 Å². The molecule has 2 bridgehead atoms. The Hall–Kier alpha value is -7.84. The number of aromatic hydroxyl groups is 4. The van der Waals surface area contributed by atoms with Crippen LogP contribution in [0.5, 0.6) is 46.0 Å². The number of ether oxygens (including phenoxy) is 7. The highest BCUT2D eigenvalue weighted by Gasteiger charge is 2.46. The lowest BCUT2D eigenvalue weighted by Crippen LogP contribution is -2.42. The highest BCUT2D eigenvalue weighted by molar-refractivity contribution is 7.97. The fourth-order valence-electron chi connectivity index (χ4n) is 14.0. The van der Waals surface area contributed by atoms with Crippen LogP contribution in [0.4, 0.5) is 8.78 Å². The Labute approximate surface area is 710 Å². The summed E-state index contributed by atoms with van der Waals surface area (Å²) >= 11 is 0. The molecule has 18 heteroatoms. The van der Waals surface area contributed by atoms with E-state index in [1.165, 1.54) is 89.8 Å². The summed E-state index contributed by atoms with van der Waals surface area (Å²) in [5, 5.41) is 34.4. The first-order chi connectivity index (χ1) is 55.8. The van der Waals surface area contributed by atoms with Crippen molar-refractivity contribution in [3.8, 4) is 46.0 Å². The Morgan fingerprint density at radius 2 is 0.847 bits per heavy atom. The Kier molecular flexibility index (Phi) is 40.2. The fourth-order valence-corrected chi connectivity index (χ4v) is 16.6. The second-order valence-electron chi connectivity index (χ2n) is 34.7. The average molecular weight is 1670 g/mol. The lowest BCUT2D eigenvalue weighted by Gasteiger charge is -2.35. The number of benzene rings is 8. The summed E-state index contributed by atoms with van der Waals surface area (Å²) in [6.07, 6.45) is 15.2. The zero-order chi connectivity index (χ0) is 87.1. The second-order valence-corrected chi connectivity index (χ2v) is 38.1. The van der Waals surface area contributed by atoms with E-state index in [1.807, 2.05) is 71.0 Å². The van der Waals surface area contributed by atoms with Crippen LogP contribution in [0.25, 0.3) is 0 Å². The number of rotatable bonds is 30. The molecular formula is C100H140F2O14S2. The van der Waals surface area contributed by atoms with Crippen molar-refractivity contribution >= 4 is 21.0 Å². The molecule has 0 aliphatic heterocycles. The SMILES string of the molecule is CCC(C)c1ccc(O)c(O)c1.CCC(C)c1ccc(OC(C)C(F)(F)S(=O)(=O)[O-])cc1.CCC(C)c1ccc(OC(C)OC2CC3CCC2C3)cc1.CCC(C)c1ccc(OC(CC(C)(C)C)OC(C)C)c(O)c1.CCC(C)c1ccc(OC(OC2CCCCC2)C(C)(C)C)c(O)c1.c1ccc([S+](c2ccccc2)c2ccccc2)cc1. The van der Waals surface area contributed by atoms with Crippen molar-refractivity contribution < 1.29 is 75.3 Å². The van der Waals surface area contributed by atoms with Gasteiger partial charge < -0.3 is 58.1 Å². The van der Waals surface area contributed by atoms with Crippen LogP contribution in [0.3, 0.4) is 0 Å². The summed E-state index contributed by atoms with van der Waals surface area (Å²) in [6, 6.07) is 63.4. The van der Waals surface area contributed by atoms with Crippen LogP contribution in [-0.2, 0) is 35.2 Å². The maximum absolute atomic E-state index is 13.2. The van der Waals surface area contributed by atoms with E-state index in [0.29, 0.717) is 47.2 Å². The summed E-state index contributed by atoms with van der Waals surface area (Å²) in [6.45, 7) is 41.0. The molecule has 12 atom stereocenters. The summed E-state index contributed by atoms with van der Waals surface area (Å²) < 4.78 is 99.0. The lowest BCUT2D eigenvalue weighted by atomic mass is 9.92. The molecule has 11 rings (SSSR count). The molecule has 0 heterocycles. The predicted molar refractivity (Wildman–Crippen MR) is 476 cm³/mol. The normalized spacial score (nSPS) is 17.7. The number of fused-ring (bicyclic) bond motifs is 2. The van der Waals surface area contributed by atoms with Gasteiger partial charge in [0, 0.05) is 11.8 Å². The van der Waals surface area contributed by atoms with E-state index >= 15 is 0 Å². The van der Waals surface area contributed by atoms with E-state index in [9.17, 15) is 37.1 Å². The van der Waals surface area contributed by atoms with Crippen LogP contribution < -0.4 is 18.9 Å². The molecule has 8 aromatic carbocycles. The molecule has 0 saturated heterocycles. The van der Waals surface area contributed by atoms with Crippen molar-refractivity contribution in [2.75, 3.05) is 0 Å². The molecule has 14 nitrogen and oxygen atoms in total. The zero-order valence-electron chi connectivity index (χ0n) is 74.1. The predicted octanol–water partition coefficient (Wildman–Crippen LogP) is 27.1. The van der Waals surface area contributed by atoms with Gasteiger partial charge >= 0.3 is 5.25 Å². The van der Waals surface area contributed by atoms with E-state index in [1.54, 1.807) is 24.3 Å². The maximum Gasteiger partial charge on any atom is 0.369 e. The van der Waals surface area contributed by atoms with Crippen LogP contribution in [0.15, 0.2) is 209 Å². The lowest BCUT2D eigenvalue weighted by molar-refractivity contribution is -0.177. The molecule has 12 unspecified atom stereocenters. The van der Waals surface area contributed by atoms with Gasteiger partial charge in [0.2, 0.25) is 12.6 Å². The first-order valence-corrected chi connectivity index (χ1v) is 45.6. The van der Waals surface area contributed by atoms with Crippen LogP contribution in [0, 0.1) is 22.7 Å². The fraction of sp³-hybridized carbons (Fsp3) is 0.520. The van der Waals surface area contributed by atoms with Crippen molar-refractivity contribution in [2.24, 2.45) is 22.7 Å². The van der Waals surface area contributed by atoms with Crippen LogP contribution in [-0.4, -0.2) is 81.9 Å². The molecule has 0 aromatic heterocycles.